The predicted octanol–water partition coefficient (Wildman–Crippen LogP) is 4.12. The Balaban J connectivity index is 1.41. The summed E-state index contributed by atoms with van der Waals surface area (Å²) in [5, 5.41) is 8.78. The minimum Gasteiger partial charge on any atom is -0.479 e. The molecule has 1 fully saturated rings. The number of carbonyl (C=O) groups excluding carboxylic acids is 1. The van der Waals surface area contributed by atoms with Crippen molar-refractivity contribution in [1.82, 2.24) is 20.1 Å². The molecule has 0 spiro atoms. The Kier molecular flexibility index (Phi) is 5.93. The molecular formula is C25H27N5O4. The second-order valence-corrected chi connectivity index (χ2v) is 8.43. The van der Waals surface area contributed by atoms with Crippen LogP contribution in [0.1, 0.15) is 47.8 Å². The molecule has 1 unspecified atom stereocenters. The number of methoxy groups -OCH3 is 1. The number of esters is 1. The number of nitrogens with two attached hydrogens (primary N) is 1. The Morgan fingerprint density at radius 3 is 2.74 bits per heavy atom. The van der Waals surface area contributed by atoms with Crippen LogP contribution in [0.2, 0.25) is 0 Å². The number of benzene rings is 1. The summed E-state index contributed by atoms with van der Waals surface area (Å²) in [4.78, 5) is 16.0. The maximum Gasteiger partial charge on any atom is 0.337 e. The molecule has 4 aromatic rings. The van der Waals surface area contributed by atoms with Gasteiger partial charge in [0.05, 0.1) is 30.3 Å². The van der Waals surface area contributed by atoms with Crippen molar-refractivity contribution < 1.29 is 18.7 Å². The van der Waals surface area contributed by atoms with Gasteiger partial charge in [0.2, 0.25) is 5.75 Å². The first-order valence-electron chi connectivity index (χ1n) is 11.3. The molecule has 1 aliphatic rings. The van der Waals surface area contributed by atoms with Gasteiger partial charge in [-0.1, -0.05) is 12.1 Å². The number of nitrogens with zero attached hydrogens (tertiary/aromatic N) is 3. The van der Waals surface area contributed by atoms with Crippen molar-refractivity contribution in [3.05, 3.63) is 60.2 Å². The number of anilines is 1. The number of furan rings is 1. The second kappa shape index (κ2) is 9.18. The third kappa shape index (κ3) is 4.10. The number of piperidine rings is 1. The lowest BCUT2D eigenvalue weighted by Gasteiger charge is -2.22. The Morgan fingerprint density at radius 2 is 2.00 bits per heavy atom. The second-order valence-electron chi connectivity index (χ2n) is 8.43. The number of nitrogen functional groups attached to an aromatic ring is 1. The van der Waals surface area contributed by atoms with Crippen LogP contribution in [-0.2, 0) is 4.74 Å². The number of nitrogens with one attached hydrogen (secondary N) is 1. The standard InChI is InChI=1S/C25H27N5O4/c1-15(16-3-5-17(6-4-16)25(31)32-2)34-23-22-20(12-28-24(23)26)21(14-33-22)18-11-29-30(13-18)19-7-9-27-10-8-19/h3-6,11-15,19,27H,7-10H2,1-2H3,(H2,26,28). The van der Waals surface area contributed by atoms with Gasteiger partial charge in [0.1, 0.15) is 12.4 Å². The van der Waals surface area contributed by atoms with Crippen molar-refractivity contribution in [2.45, 2.75) is 31.9 Å². The lowest BCUT2D eigenvalue weighted by molar-refractivity contribution is 0.0600. The summed E-state index contributed by atoms with van der Waals surface area (Å²) in [7, 11) is 1.36. The van der Waals surface area contributed by atoms with E-state index in [-0.39, 0.29) is 17.9 Å². The summed E-state index contributed by atoms with van der Waals surface area (Å²) < 4.78 is 18.9. The molecule has 34 heavy (non-hydrogen) atoms. The van der Waals surface area contributed by atoms with Crippen molar-refractivity contribution in [2.75, 3.05) is 25.9 Å². The van der Waals surface area contributed by atoms with Gasteiger partial charge in [-0.05, 0) is 50.6 Å². The summed E-state index contributed by atoms with van der Waals surface area (Å²) in [6.45, 7) is 3.91. The average Bonchev–Trinajstić information content (AvgIpc) is 3.53. The van der Waals surface area contributed by atoms with Crippen molar-refractivity contribution in [1.29, 1.82) is 0 Å². The monoisotopic (exact) mass is 461 g/mol. The molecule has 0 saturated carbocycles. The lowest BCUT2D eigenvalue weighted by atomic mass is 10.1. The number of pyridine rings is 1. The van der Waals surface area contributed by atoms with E-state index in [0.717, 1.165) is 48.0 Å². The molecule has 0 aliphatic carbocycles. The quantitative estimate of drug-likeness (QED) is 0.412. The lowest BCUT2D eigenvalue weighted by Crippen LogP contribution is -2.29. The molecule has 1 aromatic carbocycles. The molecule has 176 valence electrons. The van der Waals surface area contributed by atoms with Crippen LogP contribution in [0.4, 0.5) is 5.82 Å². The number of ether oxygens (including phenoxy) is 2. The molecule has 9 nitrogen and oxygen atoms in total. The van der Waals surface area contributed by atoms with Crippen LogP contribution in [-0.4, -0.2) is 40.9 Å². The fourth-order valence-corrected chi connectivity index (χ4v) is 4.32. The number of rotatable bonds is 6. The molecule has 9 heteroatoms. The molecular weight excluding hydrogens is 434 g/mol. The van der Waals surface area contributed by atoms with Crippen LogP contribution in [0.3, 0.4) is 0 Å². The largest absolute Gasteiger partial charge is 0.479 e. The van der Waals surface area contributed by atoms with Crippen LogP contribution < -0.4 is 15.8 Å². The van der Waals surface area contributed by atoms with Crippen molar-refractivity contribution in [3.8, 4) is 16.9 Å². The predicted molar refractivity (Wildman–Crippen MR) is 128 cm³/mol. The average molecular weight is 462 g/mol. The van der Waals surface area contributed by atoms with Crippen LogP contribution in [0, 0.1) is 0 Å². The SMILES string of the molecule is COC(=O)c1ccc(C(C)Oc2c(N)ncc3c(-c4cnn(C5CCNCC5)c4)coc23)cc1. The maximum atomic E-state index is 11.7. The van der Waals surface area contributed by atoms with Gasteiger partial charge < -0.3 is 24.9 Å². The third-order valence-corrected chi connectivity index (χ3v) is 6.29. The van der Waals surface area contributed by atoms with Crippen molar-refractivity contribution >= 4 is 22.8 Å². The van der Waals surface area contributed by atoms with Gasteiger partial charge in [-0.15, -0.1) is 0 Å². The van der Waals surface area contributed by atoms with Gasteiger partial charge in [-0.25, -0.2) is 9.78 Å². The fraction of sp³-hybridized carbons (Fsp3) is 0.320. The van der Waals surface area contributed by atoms with E-state index in [0.29, 0.717) is 22.9 Å². The molecule has 0 amide bonds. The molecule has 0 radical (unpaired) electrons. The molecule has 0 bridgehead atoms. The Bertz CT molecular complexity index is 1300. The summed E-state index contributed by atoms with van der Waals surface area (Å²) in [6.07, 6.45) is 9.07. The van der Waals surface area contributed by atoms with Crippen LogP contribution in [0.5, 0.6) is 5.75 Å². The third-order valence-electron chi connectivity index (χ3n) is 6.29. The van der Waals surface area contributed by atoms with E-state index in [2.05, 4.69) is 21.6 Å². The highest BCUT2D eigenvalue weighted by Crippen LogP contribution is 2.39. The Labute approximate surface area is 196 Å². The molecule has 3 N–H and O–H groups in total. The van der Waals surface area contributed by atoms with Crippen molar-refractivity contribution in [2.24, 2.45) is 0 Å². The van der Waals surface area contributed by atoms with Crippen LogP contribution >= 0.6 is 0 Å². The number of hydrogen-bond donors (Lipinski definition) is 2. The van der Waals surface area contributed by atoms with E-state index in [1.54, 1.807) is 24.6 Å². The van der Waals surface area contributed by atoms with Crippen molar-refractivity contribution in [3.63, 3.8) is 0 Å². The highest BCUT2D eigenvalue weighted by Gasteiger charge is 2.21. The first-order valence-corrected chi connectivity index (χ1v) is 11.3. The molecule has 1 atom stereocenters. The number of fused-ring (bicyclic) bond motifs is 1. The minimum atomic E-state index is -0.384. The van der Waals surface area contributed by atoms with Gasteiger partial charge in [0.15, 0.2) is 11.4 Å². The molecule has 5 rings (SSSR count). The first-order chi connectivity index (χ1) is 16.5. The van der Waals surface area contributed by atoms with Crippen LogP contribution in [0.25, 0.3) is 22.1 Å². The summed E-state index contributed by atoms with van der Waals surface area (Å²) in [5.74, 6) is 0.251. The van der Waals surface area contributed by atoms with E-state index in [1.165, 1.54) is 7.11 Å². The van der Waals surface area contributed by atoms with Gasteiger partial charge in [-0.2, -0.15) is 5.10 Å². The Hall–Kier alpha value is -3.85. The van der Waals surface area contributed by atoms with E-state index in [4.69, 9.17) is 19.6 Å². The topological polar surface area (TPSA) is 117 Å². The molecule has 4 heterocycles. The summed E-state index contributed by atoms with van der Waals surface area (Å²) in [5.41, 5.74) is 9.90. The zero-order valence-corrected chi connectivity index (χ0v) is 19.2. The minimum absolute atomic E-state index is 0.247. The van der Waals surface area contributed by atoms with Gasteiger partial charge in [-0.3, -0.25) is 4.68 Å². The zero-order valence-electron chi connectivity index (χ0n) is 19.2. The highest BCUT2D eigenvalue weighted by molar-refractivity contribution is 5.97. The smallest absolute Gasteiger partial charge is 0.337 e. The first kappa shape index (κ1) is 22.0. The summed E-state index contributed by atoms with van der Waals surface area (Å²) in [6, 6.07) is 7.45. The Morgan fingerprint density at radius 1 is 1.24 bits per heavy atom. The molecule has 3 aromatic heterocycles. The van der Waals surface area contributed by atoms with Gasteiger partial charge >= 0.3 is 5.97 Å². The highest BCUT2D eigenvalue weighted by atomic mass is 16.5. The normalized spacial score (nSPS) is 15.4. The van der Waals surface area contributed by atoms with Gasteiger partial charge in [0.25, 0.3) is 0 Å². The number of aromatic nitrogens is 3. The zero-order chi connectivity index (χ0) is 23.7. The van der Waals surface area contributed by atoms with E-state index >= 15 is 0 Å². The fourth-order valence-electron chi connectivity index (χ4n) is 4.32. The molecule has 1 aliphatic heterocycles. The van der Waals surface area contributed by atoms with E-state index in [9.17, 15) is 4.79 Å². The molecule has 1 saturated heterocycles. The number of hydrogen-bond acceptors (Lipinski definition) is 8. The summed E-state index contributed by atoms with van der Waals surface area (Å²) >= 11 is 0. The van der Waals surface area contributed by atoms with Crippen LogP contribution in [0.15, 0.2) is 53.5 Å². The maximum absolute atomic E-state index is 11.7. The van der Waals surface area contributed by atoms with E-state index in [1.807, 2.05) is 29.9 Å². The number of carbonyl (C=O) groups is 1. The van der Waals surface area contributed by atoms with E-state index < -0.39 is 0 Å². The van der Waals surface area contributed by atoms with Gasteiger partial charge in [0, 0.05) is 23.5 Å².